The van der Waals surface area contributed by atoms with Crippen molar-refractivity contribution >= 4 is 28.9 Å². The highest BCUT2D eigenvalue weighted by Crippen LogP contribution is 2.19. The first-order valence-corrected chi connectivity index (χ1v) is 6.45. The molecule has 21 heavy (non-hydrogen) atoms. The molecule has 1 amide bonds. The van der Waals surface area contributed by atoms with E-state index in [2.05, 4.69) is 10.6 Å². The van der Waals surface area contributed by atoms with Gasteiger partial charge in [0.15, 0.2) is 0 Å². The highest BCUT2D eigenvalue weighted by molar-refractivity contribution is 6.31. The molecule has 6 heteroatoms. The Morgan fingerprint density at radius 2 is 2.05 bits per heavy atom. The first kappa shape index (κ1) is 14.8. The average Bonchev–Trinajstić information content (AvgIpc) is 2.49. The summed E-state index contributed by atoms with van der Waals surface area (Å²) in [4.78, 5) is 11.8. The van der Waals surface area contributed by atoms with Crippen molar-refractivity contribution in [3.05, 3.63) is 58.9 Å². The molecule has 0 heterocycles. The number of nitriles is 1. The lowest BCUT2D eigenvalue weighted by molar-refractivity contribution is -0.114. The third-order valence-corrected chi connectivity index (χ3v) is 2.94. The fourth-order valence-electron chi connectivity index (χ4n) is 1.66. The molecule has 2 rings (SSSR count). The number of benzene rings is 2. The highest BCUT2D eigenvalue weighted by Gasteiger charge is 2.05. The maximum atomic E-state index is 13.0. The first-order chi connectivity index (χ1) is 10.1. The molecule has 0 bridgehead atoms. The van der Waals surface area contributed by atoms with Crippen LogP contribution < -0.4 is 10.6 Å². The molecule has 0 aliphatic rings. The topological polar surface area (TPSA) is 64.9 Å². The van der Waals surface area contributed by atoms with E-state index in [9.17, 15) is 9.18 Å². The Labute approximate surface area is 126 Å². The smallest absolute Gasteiger partial charge is 0.243 e. The Morgan fingerprint density at radius 3 is 2.76 bits per heavy atom. The average molecular weight is 304 g/mol. The Bertz CT molecular complexity index is 712. The number of hydrogen-bond acceptors (Lipinski definition) is 3. The number of nitrogens with zero attached hydrogens (tertiary/aromatic N) is 1. The van der Waals surface area contributed by atoms with Gasteiger partial charge in [-0.1, -0.05) is 17.7 Å². The molecule has 2 aromatic carbocycles. The van der Waals surface area contributed by atoms with Crippen LogP contribution in [0.15, 0.2) is 42.5 Å². The van der Waals surface area contributed by atoms with E-state index in [-0.39, 0.29) is 17.5 Å². The Hall–Kier alpha value is -2.58. The van der Waals surface area contributed by atoms with E-state index in [4.69, 9.17) is 16.9 Å². The number of hydrogen-bond donors (Lipinski definition) is 2. The summed E-state index contributed by atoms with van der Waals surface area (Å²) in [7, 11) is 0. The van der Waals surface area contributed by atoms with Gasteiger partial charge in [-0.2, -0.15) is 5.26 Å². The van der Waals surface area contributed by atoms with Crippen molar-refractivity contribution in [2.75, 3.05) is 17.2 Å². The van der Waals surface area contributed by atoms with Crippen LogP contribution in [0, 0.1) is 17.1 Å². The van der Waals surface area contributed by atoms with Crippen LogP contribution in [-0.2, 0) is 4.79 Å². The molecule has 2 N–H and O–H groups in total. The molecule has 0 spiro atoms. The second-order valence-corrected chi connectivity index (χ2v) is 4.63. The summed E-state index contributed by atoms with van der Waals surface area (Å²) >= 11 is 5.63. The van der Waals surface area contributed by atoms with Crippen LogP contribution in [0.2, 0.25) is 5.02 Å². The number of halogens is 2. The molecule has 0 aliphatic carbocycles. The summed E-state index contributed by atoms with van der Waals surface area (Å²) in [5.41, 5.74) is 1.59. The van der Waals surface area contributed by atoms with Gasteiger partial charge in [0.05, 0.1) is 23.2 Å². The summed E-state index contributed by atoms with van der Waals surface area (Å²) < 4.78 is 13.0. The molecule has 0 radical (unpaired) electrons. The van der Waals surface area contributed by atoms with Gasteiger partial charge in [0.25, 0.3) is 0 Å². The highest BCUT2D eigenvalue weighted by atomic mass is 35.5. The molecule has 0 atom stereocenters. The van der Waals surface area contributed by atoms with Crippen LogP contribution in [0.3, 0.4) is 0 Å². The second-order valence-electron chi connectivity index (χ2n) is 4.22. The summed E-state index contributed by atoms with van der Waals surface area (Å²) in [6, 6.07) is 12.7. The molecule has 0 aromatic heterocycles. The second kappa shape index (κ2) is 6.73. The molecular formula is C15H11ClFN3O. The van der Waals surface area contributed by atoms with Crippen molar-refractivity contribution < 1.29 is 9.18 Å². The lowest BCUT2D eigenvalue weighted by atomic mass is 10.2. The largest absolute Gasteiger partial charge is 0.376 e. The molecule has 2 aromatic rings. The minimum absolute atomic E-state index is 0.0177. The fraction of sp³-hybridized carbons (Fsp3) is 0.0667. The fourth-order valence-corrected chi connectivity index (χ4v) is 1.84. The number of anilines is 2. The summed E-state index contributed by atoms with van der Waals surface area (Å²) in [5.74, 6) is -0.846. The molecule has 0 saturated heterocycles. The summed E-state index contributed by atoms with van der Waals surface area (Å²) in [6.45, 7) is 0.0177. The van der Waals surface area contributed by atoms with Gasteiger partial charge in [-0.15, -0.1) is 0 Å². The van der Waals surface area contributed by atoms with Crippen LogP contribution in [0.5, 0.6) is 0 Å². The zero-order valence-corrected chi connectivity index (χ0v) is 11.6. The van der Waals surface area contributed by atoms with Gasteiger partial charge in [-0.25, -0.2) is 4.39 Å². The zero-order valence-electron chi connectivity index (χ0n) is 10.9. The van der Waals surface area contributed by atoms with Gasteiger partial charge < -0.3 is 10.6 Å². The van der Waals surface area contributed by atoms with Crippen molar-refractivity contribution in [2.24, 2.45) is 0 Å². The lowest BCUT2D eigenvalue weighted by Crippen LogP contribution is -2.21. The predicted octanol–water partition coefficient (Wildman–Crippen LogP) is 3.40. The van der Waals surface area contributed by atoms with Crippen molar-refractivity contribution in [2.45, 2.75) is 0 Å². The van der Waals surface area contributed by atoms with E-state index in [1.165, 1.54) is 18.2 Å². The number of rotatable bonds is 4. The van der Waals surface area contributed by atoms with Crippen molar-refractivity contribution in [3.8, 4) is 6.07 Å². The van der Waals surface area contributed by atoms with Crippen LogP contribution in [0.4, 0.5) is 15.8 Å². The third kappa shape index (κ3) is 4.20. The van der Waals surface area contributed by atoms with Gasteiger partial charge in [-0.3, -0.25) is 4.79 Å². The van der Waals surface area contributed by atoms with Gasteiger partial charge in [-0.05, 0) is 36.4 Å². The maximum Gasteiger partial charge on any atom is 0.243 e. The van der Waals surface area contributed by atoms with Gasteiger partial charge in [0, 0.05) is 11.4 Å². The van der Waals surface area contributed by atoms with E-state index in [1.54, 1.807) is 24.3 Å². The number of amides is 1. The zero-order chi connectivity index (χ0) is 15.2. The minimum atomic E-state index is -0.541. The van der Waals surface area contributed by atoms with Crippen molar-refractivity contribution in [3.63, 3.8) is 0 Å². The van der Waals surface area contributed by atoms with Crippen LogP contribution >= 0.6 is 11.6 Å². The normalized spacial score (nSPS) is 9.76. The molecule has 4 nitrogen and oxygen atoms in total. The standard InChI is InChI=1S/C15H11ClFN3O/c16-13-7-12(4-5-14(13)17)20-15(21)9-19-11-3-1-2-10(6-11)8-18/h1-7,19H,9H2,(H,20,21). The molecule has 0 saturated carbocycles. The van der Waals surface area contributed by atoms with Gasteiger partial charge in [0.2, 0.25) is 5.91 Å². The van der Waals surface area contributed by atoms with E-state index >= 15 is 0 Å². The van der Waals surface area contributed by atoms with Crippen LogP contribution in [0.25, 0.3) is 0 Å². The summed E-state index contributed by atoms with van der Waals surface area (Å²) in [5, 5.41) is 14.2. The third-order valence-electron chi connectivity index (χ3n) is 2.65. The molecular weight excluding hydrogens is 293 g/mol. The molecule has 0 unspecified atom stereocenters. The Balaban J connectivity index is 1.92. The molecule has 0 fully saturated rings. The van der Waals surface area contributed by atoms with Crippen molar-refractivity contribution in [1.29, 1.82) is 5.26 Å². The number of nitrogens with one attached hydrogen (secondary N) is 2. The SMILES string of the molecule is N#Cc1cccc(NCC(=O)Nc2ccc(F)c(Cl)c2)c1. The van der Waals surface area contributed by atoms with Crippen LogP contribution in [-0.4, -0.2) is 12.5 Å². The number of carbonyl (C=O) groups is 1. The Morgan fingerprint density at radius 1 is 1.24 bits per heavy atom. The molecule has 0 aliphatic heterocycles. The van der Waals surface area contributed by atoms with Crippen LogP contribution in [0.1, 0.15) is 5.56 Å². The van der Waals surface area contributed by atoms with E-state index in [0.29, 0.717) is 16.9 Å². The minimum Gasteiger partial charge on any atom is -0.376 e. The quantitative estimate of drug-likeness (QED) is 0.910. The van der Waals surface area contributed by atoms with Crippen molar-refractivity contribution in [1.82, 2.24) is 0 Å². The Kier molecular flexibility index (Phi) is 4.75. The van der Waals surface area contributed by atoms with Gasteiger partial charge in [0.1, 0.15) is 5.82 Å². The van der Waals surface area contributed by atoms with E-state index in [0.717, 1.165) is 0 Å². The number of carbonyl (C=O) groups excluding carboxylic acids is 1. The van der Waals surface area contributed by atoms with Gasteiger partial charge >= 0.3 is 0 Å². The predicted molar refractivity (Wildman–Crippen MR) is 79.7 cm³/mol. The maximum absolute atomic E-state index is 13.0. The summed E-state index contributed by atoms with van der Waals surface area (Å²) in [6.07, 6.45) is 0. The monoisotopic (exact) mass is 303 g/mol. The lowest BCUT2D eigenvalue weighted by Gasteiger charge is -2.08. The first-order valence-electron chi connectivity index (χ1n) is 6.07. The van der Waals surface area contributed by atoms with E-state index < -0.39 is 5.82 Å². The molecule has 106 valence electrons. The van der Waals surface area contributed by atoms with E-state index in [1.807, 2.05) is 6.07 Å².